The van der Waals surface area contributed by atoms with E-state index in [4.69, 9.17) is 0 Å². The molecule has 0 amide bonds. The first-order chi connectivity index (χ1) is 3.39. The van der Waals surface area contributed by atoms with Gasteiger partial charge in [0.15, 0.2) is 0 Å². The Labute approximate surface area is 61.3 Å². The number of nitrogens with zero attached hydrogens (tertiary/aromatic N) is 1. The van der Waals surface area contributed by atoms with Gasteiger partial charge in [0, 0.05) is 12.4 Å². The van der Waals surface area contributed by atoms with E-state index in [1.165, 1.54) is 5.56 Å². The summed E-state index contributed by atoms with van der Waals surface area (Å²) in [7, 11) is 0. The number of hydrogen-bond acceptors (Lipinski definition) is 1. The standard InChI is InChI=1S/C6H7N.Li/c1-6-2-4-7-5-3-6;/h2-5H,1H3;/q;+1. The summed E-state index contributed by atoms with van der Waals surface area (Å²) in [6.45, 7) is 2.04. The third-order valence-electron chi connectivity index (χ3n) is 0.847. The first-order valence-corrected chi connectivity index (χ1v) is 2.26. The van der Waals surface area contributed by atoms with Crippen LogP contribution in [0.2, 0.25) is 0 Å². The van der Waals surface area contributed by atoms with Crippen LogP contribution in [-0.2, 0) is 0 Å². The fourth-order valence-electron chi connectivity index (χ4n) is 0.426. The van der Waals surface area contributed by atoms with Crippen molar-refractivity contribution in [3.05, 3.63) is 30.1 Å². The predicted octanol–water partition coefficient (Wildman–Crippen LogP) is -1.61. The number of pyridine rings is 1. The minimum atomic E-state index is 0. The molecule has 1 rings (SSSR count). The van der Waals surface area contributed by atoms with Crippen LogP contribution in [0.3, 0.4) is 0 Å². The number of rotatable bonds is 0. The SMILES string of the molecule is Cc1ccncc1.[Li+]. The van der Waals surface area contributed by atoms with E-state index in [0.717, 1.165) is 0 Å². The van der Waals surface area contributed by atoms with Crippen LogP contribution in [0.5, 0.6) is 0 Å². The van der Waals surface area contributed by atoms with Gasteiger partial charge >= 0.3 is 18.9 Å². The normalized spacial score (nSPS) is 7.62. The summed E-state index contributed by atoms with van der Waals surface area (Å²) in [4.78, 5) is 3.85. The van der Waals surface area contributed by atoms with Gasteiger partial charge in [0.25, 0.3) is 0 Å². The fraction of sp³-hybridized carbons (Fsp3) is 0.167. The second-order valence-corrected chi connectivity index (χ2v) is 1.52. The fourth-order valence-corrected chi connectivity index (χ4v) is 0.426. The zero-order chi connectivity index (χ0) is 5.11. The summed E-state index contributed by atoms with van der Waals surface area (Å²) in [5.41, 5.74) is 1.26. The second-order valence-electron chi connectivity index (χ2n) is 1.52. The summed E-state index contributed by atoms with van der Waals surface area (Å²) >= 11 is 0. The third-order valence-corrected chi connectivity index (χ3v) is 0.847. The van der Waals surface area contributed by atoms with Crippen LogP contribution in [-0.4, -0.2) is 4.98 Å². The summed E-state index contributed by atoms with van der Waals surface area (Å²) < 4.78 is 0. The molecule has 0 saturated carbocycles. The van der Waals surface area contributed by atoms with Gasteiger partial charge in [-0.15, -0.1) is 0 Å². The van der Waals surface area contributed by atoms with E-state index in [0.29, 0.717) is 0 Å². The molecule has 0 unspecified atom stereocenters. The molecule has 1 heterocycles. The minimum absolute atomic E-state index is 0. The molecule has 0 aliphatic carbocycles. The zero-order valence-electron chi connectivity index (χ0n) is 5.26. The smallest absolute Gasteiger partial charge is 0.265 e. The molecular weight excluding hydrogens is 93.0 g/mol. The molecular formula is C6H7LiN+. The summed E-state index contributed by atoms with van der Waals surface area (Å²) in [6, 6.07) is 3.94. The van der Waals surface area contributed by atoms with Crippen molar-refractivity contribution in [2.75, 3.05) is 0 Å². The molecule has 0 saturated heterocycles. The molecule has 0 aliphatic heterocycles. The number of hydrogen-bond donors (Lipinski definition) is 0. The Balaban J connectivity index is 0.000000490. The van der Waals surface area contributed by atoms with E-state index < -0.39 is 0 Å². The summed E-state index contributed by atoms with van der Waals surface area (Å²) in [5.74, 6) is 0. The van der Waals surface area contributed by atoms with Crippen molar-refractivity contribution in [2.24, 2.45) is 0 Å². The van der Waals surface area contributed by atoms with Gasteiger partial charge in [-0.3, -0.25) is 4.98 Å². The molecule has 0 fully saturated rings. The van der Waals surface area contributed by atoms with Crippen LogP contribution < -0.4 is 18.9 Å². The van der Waals surface area contributed by atoms with Gasteiger partial charge in [-0.25, -0.2) is 0 Å². The van der Waals surface area contributed by atoms with E-state index in [-0.39, 0.29) is 18.9 Å². The van der Waals surface area contributed by atoms with Crippen LogP contribution in [0, 0.1) is 6.92 Å². The van der Waals surface area contributed by atoms with Crippen molar-refractivity contribution in [2.45, 2.75) is 6.92 Å². The van der Waals surface area contributed by atoms with Crippen LogP contribution in [0.4, 0.5) is 0 Å². The Kier molecular flexibility index (Phi) is 3.60. The summed E-state index contributed by atoms with van der Waals surface area (Å²) in [5, 5.41) is 0. The van der Waals surface area contributed by atoms with E-state index in [9.17, 15) is 0 Å². The molecule has 0 aliphatic rings. The number of aromatic nitrogens is 1. The maximum Gasteiger partial charge on any atom is 1.00 e. The topological polar surface area (TPSA) is 12.9 Å². The average Bonchev–Trinajstić information content (AvgIpc) is 1.69. The van der Waals surface area contributed by atoms with Gasteiger partial charge in [-0.1, -0.05) is 0 Å². The predicted molar refractivity (Wildman–Crippen MR) is 29.0 cm³/mol. The first kappa shape index (κ1) is 7.75. The molecule has 36 valence electrons. The number of aryl methyl sites for hydroxylation is 1. The zero-order valence-corrected chi connectivity index (χ0v) is 5.26. The quantitative estimate of drug-likeness (QED) is 0.357. The van der Waals surface area contributed by atoms with E-state index in [1.807, 2.05) is 19.1 Å². The van der Waals surface area contributed by atoms with Crippen molar-refractivity contribution in [1.82, 2.24) is 4.98 Å². The third kappa shape index (κ3) is 2.16. The Morgan fingerprint density at radius 3 is 2.00 bits per heavy atom. The first-order valence-electron chi connectivity index (χ1n) is 2.26. The monoisotopic (exact) mass is 100 g/mol. The summed E-state index contributed by atoms with van der Waals surface area (Å²) in [6.07, 6.45) is 3.57. The van der Waals surface area contributed by atoms with E-state index in [2.05, 4.69) is 4.98 Å². The van der Waals surface area contributed by atoms with Gasteiger partial charge in [-0.05, 0) is 24.6 Å². The molecule has 0 bridgehead atoms. The van der Waals surface area contributed by atoms with Crippen LogP contribution in [0.25, 0.3) is 0 Å². The van der Waals surface area contributed by atoms with Crippen LogP contribution in [0.1, 0.15) is 5.56 Å². The molecule has 2 heteroatoms. The molecule has 0 atom stereocenters. The average molecular weight is 100 g/mol. The van der Waals surface area contributed by atoms with Crippen LogP contribution in [0.15, 0.2) is 24.5 Å². The molecule has 8 heavy (non-hydrogen) atoms. The van der Waals surface area contributed by atoms with Crippen molar-refractivity contribution in [3.63, 3.8) is 0 Å². The molecule has 0 radical (unpaired) electrons. The van der Waals surface area contributed by atoms with Gasteiger partial charge < -0.3 is 0 Å². The molecule has 1 aromatic heterocycles. The largest absolute Gasteiger partial charge is 1.00 e. The Morgan fingerprint density at radius 2 is 1.75 bits per heavy atom. The van der Waals surface area contributed by atoms with E-state index >= 15 is 0 Å². The molecule has 0 spiro atoms. The Bertz CT molecular complexity index is 138. The molecule has 1 nitrogen and oxygen atoms in total. The van der Waals surface area contributed by atoms with Crippen LogP contribution >= 0.6 is 0 Å². The van der Waals surface area contributed by atoms with Crippen molar-refractivity contribution >= 4 is 0 Å². The molecule has 1 aromatic rings. The van der Waals surface area contributed by atoms with Crippen molar-refractivity contribution in [1.29, 1.82) is 0 Å². The Morgan fingerprint density at radius 1 is 1.25 bits per heavy atom. The van der Waals surface area contributed by atoms with Gasteiger partial charge in [-0.2, -0.15) is 0 Å². The minimum Gasteiger partial charge on any atom is -0.265 e. The Hall–Kier alpha value is -0.253. The van der Waals surface area contributed by atoms with Crippen molar-refractivity contribution < 1.29 is 18.9 Å². The molecule has 0 aromatic carbocycles. The van der Waals surface area contributed by atoms with Gasteiger partial charge in [0.1, 0.15) is 0 Å². The van der Waals surface area contributed by atoms with Gasteiger partial charge in [0.05, 0.1) is 0 Å². The van der Waals surface area contributed by atoms with Crippen molar-refractivity contribution in [3.8, 4) is 0 Å². The molecule has 0 N–H and O–H groups in total. The van der Waals surface area contributed by atoms with E-state index in [1.54, 1.807) is 12.4 Å². The maximum atomic E-state index is 3.85. The van der Waals surface area contributed by atoms with Gasteiger partial charge in [0.2, 0.25) is 0 Å². The second kappa shape index (κ2) is 3.71. The maximum absolute atomic E-state index is 3.85.